The zero-order valence-corrected chi connectivity index (χ0v) is 16.2. The van der Waals surface area contributed by atoms with Crippen molar-refractivity contribution in [3.8, 4) is 10.4 Å². The van der Waals surface area contributed by atoms with Gasteiger partial charge in [0.2, 0.25) is 5.91 Å². The number of nitrogens with one attached hydrogen (secondary N) is 1. The lowest BCUT2D eigenvalue weighted by Crippen LogP contribution is -2.47. The second-order valence-electron chi connectivity index (χ2n) is 7.12. The van der Waals surface area contributed by atoms with E-state index in [9.17, 15) is 9.59 Å². The summed E-state index contributed by atoms with van der Waals surface area (Å²) in [5.41, 5.74) is 8.22. The maximum Gasteiger partial charge on any atom is 0.264 e. The summed E-state index contributed by atoms with van der Waals surface area (Å²) in [4.78, 5) is 28.9. The highest BCUT2D eigenvalue weighted by Gasteiger charge is 2.39. The van der Waals surface area contributed by atoms with Gasteiger partial charge in [-0.2, -0.15) is 0 Å². The van der Waals surface area contributed by atoms with Gasteiger partial charge in [-0.25, -0.2) is 0 Å². The second-order valence-corrected chi connectivity index (χ2v) is 8.17. The van der Waals surface area contributed by atoms with Crippen molar-refractivity contribution in [3.63, 3.8) is 0 Å². The van der Waals surface area contributed by atoms with E-state index >= 15 is 0 Å². The Morgan fingerprint density at radius 2 is 1.96 bits per heavy atom. The molecule has 1 aromatic carbocycles. The Bertz CT molecular complexity index is 801. The standard InChI is InChI=1S/C20H25N3O2S/c1-12(2)22-19(24)16-10-15(21)11-23(16)20(25)17-9-13(3)18(26-17)14-7-5-4-6-8-14/h4-9,12,15-16H,10-11,21H2,1-3H3,(H,22,24)/t15-,16-/m0/s1. The highest BCUT2D eigenvalue weighted by molar-refractivity contribution is 7.17. The Morgan fingerprint density at radius 3 is 2.62 bits per heavy atom. The molecule has 0 bridgehead atoms. The number of hydrogen-bond acceptors (Lipinski definition) is 4. The van der Waals surface area contributed by atoms with Crippen LogP contribution in [0.1, 0.15) is 35.5 Å². The Balaban J connectivity index is 1.85. The highest BCUT2D eigenvalue weighted by Crippen LogP contribution is 2.34. The number of carbonyl (C=O) groups excluding carboxylic acids is 2. The third-order valence-electron chi connectivity index (χ3n) is 4.49. The zero-order chi connectivity index (χ0) is 18.8. The molecule has 2 amide bonds. The van der Waals surface area contributed by atoms with Crippen molar-refractivity contribution in [3.05, 3.63) is 46.8 Å². The molecule has 2 aromatic rings. The molecule has 6 heteroatoms. The first kappa shape index (κ1) is 18.6. The smallest absolute Gasteiger partial charge is 0.264 e. The van der Waals surface area contributed by atoms with Crippen molar-refractivity contribution in [1.29, 1.82) is 0 Å². The molecular formula is C20H25N3O2S. The van der Waals surface area contributed by atoms with Crippen molar-refractivity contribution < 1.29 is 9.59 Å². The number of aryl methyl sites for hydroxylation is 1. The third-order valence-corrected chi connectivity index (χ3v) is 5.77. The van der Waals surface area contributed by atoms with Crippen LogP contribution in [-0.4, -0.2) is 41.4 Å². The number of rotatable bonds is 4. The van der Waals surface area contributed by atoms with Crippen LogP contribution in [0.2, 0.25) is 0 Å². The lowest BCUT2D eigenvalue weighted by atomic mass is 10.1. The zero-order valence-electron chi connectivity index (χ0n) is 15.4. The number of nitrogens with zero attached hydrogens (tertiary/aromatic N) is 1. The quantitative estimate of drug-likeness (QED) is 0.868. The maximum atomic E-state index is 13.1. The van der Waals surface area contributed by atoms with Gasteiger partial charge in [-0.3, -0.25) is 9.59 Å². The number of benzene rings is 1. The van der Waals surface area contributed by atoms with E-state index in [4.69, 9.17) is 5.73 Å². The molecule has 0 saturated carbocycles. The summed E-state index contributed by atoms with van der Waals surface area (Å²) in [7, 11) is 0. The van der Waals surface area contributed by atoms with Gasteiger partial charge in [-0.1, -0.05) is 30.3 Å². The van der Waals surface area contributed by atoms with Crippen LogP contribution >= 0.6 is 11.3 Å². The normalized spacial score (nSPS) is 19.8. The lowest BCUT2D eigenvalue weighted by molar-refractivity contribution is -0.125. The fourth-order valence-electron chi connectivity index (χ4n) is 3.33. The summed E-state index contributed by atoms with van der Waals surface area (Å²) in [5.74, 6) is -0.241. The van der Waals surface area contributed by atoms with Gasteiger partial charge in [0.15, 0.2) is 0 Å². The van der Waals surface area contributed by atoms with Crippen LogP contribution in [-0.2, 0) is 4.79 Å². The Kier molecular flexibility index (Phi) is 5.44. The predicted molar refractivity (Wildman–Crippen MR) is 105 cm³/mol. The molecule has 0 unspecified atom stereocenters. The topological polar surface area (TPSA) is 75.4 Å². The van der Waals surface area contributed by atoms with E-state index in [1.54, 1.807) is 4.90 Å². The van der Waals surface area contributed by atoms with E-state index in [-0.39, 0.29) is 23.9 Å². The molecule has 3 N–H and O–H groups in total. The van der Waals surface area contributed by atoms with Crippen molar-refractivity contribution in [2.24, 2.45) is 5.73 Å². The summed E-state index contributed by atoms with van der Waals surface area (Å²) in [6.07, 6.45) is 0.500. The molecule has 2 heterocycles. The van der Waals surface area contributed by atoms with Crippen LogP contribution in [0.15, 0.2) is 36.4 Å². The van der Waals surface area contributed by atoms with Gasteiger partial charge in [0.1, 0.15) is 6.04 Å². The van der Waals surface area contributed by atoms with Gasteiger partial charge in [0.25, 0.3) is 5.91 Å². The summed E-state index contributed by atoms with van der Waals surface area (Å²) in [5, 5.41) is 2.90. The van der Waals surface area contributed by atoms with Gasteiger partial charge < -0.3 is 16.0 Å². The van der Waals surface area contributed by atoms with Crippen LogP contribution in [0.25, 0.3) is 10.4 Å². The highest BCUT2D eigenvalue weighted by atomic mass is 32.1. The third kappa shape index (κ3) is 3.81. The molecule has 0 radical (unpaired) electrons. The summed E-state index contributed by atoms with van der Waals surface area (Å²) < 4.78 is 0. The average Bonchev–Trinajstić information content (AvgIpc) is 3.17. The average molecular weight is 372 g/mol. The van der Waals surface area contributed by atoms with Crippen LogP contribution in [0.5, 0.6) is 0 Å². The Hall–Kier alpha value is -2.18. The van der Waals surface area contributed by atoms with Gasteiger partial charge in [-0.15, -0.1) is 11.3 Å². The number of likely N-dealkylation sites (tertiary alicyclic amines) is 1. The fraction of sp³-hybridized carbons (Fsp3) is 0.400. The van der Waals surface area contributed by atoms with Crippen molar-refractivity contribution >= 4 is 23.2 Å². The van der Waals surface area contributed by atoms with Crippen LogP contribution in [0, 0.1) is 6.92 Å². The largest absolute Gasteiger partial charge is 0.352 e. The molecule has 0 spiro atoms. The van der Waals surface area contributed by atoms with Crippen molar-refractivity contribution in [1.82, 2.24) is 10.2 Å². The molecule has 1 saturated heterocycles. The van der Waals surface area contributed by atoms with E-state index in [1.165, 1.54) is 11.3 Å². The molecule has 1 fully saturated rings. The summed E-state index contributed by atoms with van der Waals surface area (Å²) in [6, 6.07) is 11.3. The van der Waals surface area contributed by atoms with Crippen molar-refractivity contribution in [2.45, 2.75) is 45.3 Å². The van der Waals surface area contributed by atoms with Crippen LogP contribution in [0.4, 0.5) is 0 Å². The summed E-state index contributed by atoms with van der Waals surface area (Å²) >= 11 is 1.47. The number of carbonyl (C=O) groups is 2. The second kappa shape index (κ2) is 7.60. The minimum atomic E-state index is -0.498. The van der Waals surface area contributed by atoms with E-state index in [1.807, 2.05) is 57.2 Å². The number of nitrogens with two attached hydrogens (primary N) is 1. The lowest BCUT2D eigenvalue weighted by Gasteiger charge is -2.24. The molecule has 1 aliphatic heterocycles. The number of hydrogen-bond donors (Lipinski definition) is 2. The molecule has 26 heavy (non-hydrogen) atoms. The molecule has 138 valence electrons. The van der Waals surface area contributed by atoms with Gasteiger partial charge >= 0.3 is 0 Å². The summed E-state index contributed by atoms with van der Waals surface area (Å²) in [6.45, 7) is 6.24. The van der Waals surface area contributed by atoms with E-state index in [0.29, 0.717) is 17.8 Å². The van der Waals surface area contributed by atoms with Crippen LogP contribution in [0.3, 0.4) is 0 Å². The van der Waals surface area contributed by atoms with Gasteiger partial charge in [-0.05, 0) is 44.4 Å². The molecule has 1 aliphatic rings. The molecule has 5 nitrogen and oxygen atoms in total. The van der Waals surface area contributed by atoms with Crippen molar-refractivity contribution in [2.75, 3.05) is 6.54 Å². The monoisotopic (exact) mass is 371 g/mol. The SMILES string of the molecule is Cc1cc(C(=O)N2C[C@@H](N)C[C@H]2C(=O)NC(C)C)sc1-c1ccccc1. The molecular weight excluding hydrogens is 346 g/mol. The predicted octanol–water partition coefficient (Wildman–Crippen LogP) is 2.79. The van der Waals surface area contributed by atoms with E-state index in [0.717, 1.165) is 16.0 Å². The number of amides is 2. The first-order valence-electron chi connectivity index (χ1n) is 8.89. The Morgan fingerprint density at radius 1 is 1.27 bits per heavy atom. The maximum absolute atomic E-state index is 13.1. The Labute approximate surface area is 158 Å². The molecule has 3 rings (SSSR count). The first-order valence-corrected chi connectivity index (χ1v) is 9.71. The minimum Gasteiger partial charge on any atom is -0.352 e. The first-order chi connectivity index (χ1) is 12.4. The van der Waals surface area contributed by atoms with E-state index in [2.05, 4.69) is 5.32 Å². The van der Waals surface area contributed by atoms with Gasteiger partial charge in [0.05, 0.1) is 4.88 Å². The molecule has 2 atom stereocenters. The molecule has 1 aromatic heterocycles. The van der Waals surface area contributed by atoms with Gasteiger partial charge in [0, 0.05) is 23.5 Å². The number of thiophene rings is 1. The molecule has 0 aliphatic carbocycles. The fourth-order valence-corrected chi connectivity index (χ4v) is 4.46. The van der Waals surface area contributed by atoms with E-state index < -0.39 is 6.04 Å². The minimum absolute atomic E-state index is 0.0324. The van der Waals surface area contributed by atoms with Crippen LogP contribution < -0.4 is 11.1 Å².